The quantitative estimate of drug-likeness (QED) is 0.563. The molecule has 3 heterocycles. The molecule has 4 rings (SSSR count). The molecule has 27 heavy (non-hydrogen) atoms. The van der Waals surface area contributed by atoms with Crippen molar-refractivity contribution in [3.05, 3.63) is 72.2 Å². The number of ether oxygens (including phenoxy) is 1. The van der Waals surface area contributed by atoms with E-state index in [1.807, 2.05) is 19.1 Å². The van der Waals surface area contributed by atoms with Gasteiger partial charge < -0.3 is 10.1 Å². The first-order valence-corrected chi connectivity index (χ1v) is 8.53. The van der Waals surface area contributed by atoms with E-state index in [1.54, 1.807) is 28.9 Å². The van der Waals surface area contributed by atoms with Crippen molar-refractivity contribution in [1.29, 1.82) is 0 Å². The van der Waals surface area contributed by atoms with Crippen LogP contribution in [0.4, 0.5) is 10.2 Å². The molecule has 0 aliphatic carbocycles. The lowest BCUT2D eigenvalue weighted by molar-refractivity contribution is 0.440. The molecule has 0 aliphatic heterocycles. The molecule has 0 amide bonds. The number of anilines is 1. The molecule has 0 saturated carbocycles. The molecule has 0 unspecified atom stereocenters. The average Bonchev–Trinajstić information content (AvgIpc) is 3.17. The maximum atomic E-state index is 14.4. The number of aryl methyl sites for hydroxylation is 1. The number of rotatable bonds is 6. The minimum absolute atomic E-state index is 0.155. The fraction of sp³-hybridized carbons (Fsp3) is 0.158. The molecular formula is C19H17FN6O. The summed E-state index contributed by atoms with van der Waals surface area (Å²) in [5.74, 6) is 1.49. The number of nitrogens with one attached hydrogen (secondary N) is 1. The molecule has 1 aromatic carbocycles. The van der Waals surface area contributed by atoms with Gasteiger partial charge >= 0.3 is 0 Å². The van der Waals surface area contributed by atoms with Crippen molar-refractivity contribution in [3.63, 3.8) is 0 Å². The van der Waals surface area contributed by atoms with E-state index in [1.165, 1.54) is 18.6 Å². The summed E-state index contributed by atoms with van der Waals surface area (Å²) < 4.78 is 21.5. The minimum Gasteiger partial charge on any atom is -0.453 e. The van der Waals surface area contributed by atoms with E-state index in [-0.39, 0.29) is 5.75 Å². The number of aromatic nitrogens is 5. The van der Waals surface area contributed by atoms with E-state index >= 15 is 0 Å². The maximum absolute atomic E-state index is 14.4. The third-order valence-corrected chi connectivity index (χ3v) is 4.00. The van der Waals surface area contributed by atoms with Gasteiger partial charge in [0.05, 0.1) is 6.20 Å². The van der Waals surface area contributed by atoms with Gasteiger partial charge in [0.2, 0.25) is 0 Å². The Bertz CT molecular complexity index is 1070. The van der Waals surface area contributed by atoms with Crippen LogP contribution in [0.15, 0.2) is 55.1 Å². The number of fused-ring (bicyclic) bond motifs is 1. The van der Waals surface area contributed by atoms with Gasteiger partial charge in [0, 0.05) is 24.5 Å². The maximum Gasteiger partial charge on any atom is 0.254 e. The molecule has 1 N–H and O–H groups in total. The van der Waals surface area contributed by atoms with Gasteiger partial charge in [-0.25, -0.2) is 9.37 Å². The van der Waals surface area contributed by atoms with Gasteiger partial charge in [0.15, 0.2) is 11.6 Å². The SMILES string of the molecule is CCc1cc(NCc2ccc(Oc3cccnc3)c(F)c2)n2ncnc2n1. The highest BCUT2D eigenvalue weighted by Crippen LogP contribution is 2.25. The van der Waals surface area contributed by atoms with Crippen LogP contribution < -0.4 is 10.1 Å². The Balaban J connectivity index is 1.51. The fourth-order valence-corrected chi connectivity index (χ4v) is 2.63. The third kappa shape index (κ3) is 3.69. The smallest absolute Gasteiger partial charge is 0.254 e. The lowest BCUT2D eigenvalue weighted by Gasteiger charge is -2.11. The molecule has 3 aromatic heterocycles. The summed E-state index contributed by atoms with van der Waals surface area (Å²) in [6.45, 7) is 2.45. The lowest BCUT2D eigenvalue weighted by Crippen LogP contribution is -2.08. The standard InChI is InChI=1S/C19H17FN6O/c1-2-14-9-18(26-19(25-14)23-12-24-26)22-10-13-5-6-17(16(20)8-13)27-15-4-3-7-21-11-15/h3-9,11-12,22H,2,10H2,1H3. The van der Waals surface area contributed by atoms with Crippen molar-refractivity contribution >= 4 is 11.6 Å². The van der Waals surface area contributed by atoms with Gasteiger partial charge in [-0.3, -0.25) is 4.98 Å². The highest BCUT2D eigenvalue weighted by atomic mass is 19.1. The topological polar surface area (TPSA) is 77.2 Å². The zero-order chi connectivity index (χ0) is 18.6. The fourth-order valence-electron chi connectivity index (χ4n) is 2.63. The summed E-state index contributed by atoms with van der Waals surface area (Å²) >= 11 is 0. The molecule has 0 spiro atoms. The van der Waals surface area contributed by atoms with Crippen LogP contribution in [0.3, 0.4) is 0 Å². The van der Waals surface area contributed by atoms with Gasteiger partial charge in [-0.05, 0) is 36.2 Å². The molecule has 0 bridgehead atoms. The number of pyridine rings is 1. The molecule has 136 valence electrons. The highest BCUT2D eigenvalue weighted by molar-refractivity contribution is 5.46. The number of hydrogen-bond acceptors (Lipinski definition) is 6. The zero-order valence-electron chi connectivity index (χ0n) is 14.6. The summed E-state index contributed by atoms with van der Waals surface area (Å²) in [5, 5.41) is 7.43. The monoisotopic (exact) mass is 364 g/mol. The number of halogens is 1. The van der Waals surface area contributed by atoms with Crippen molar-refractivity contribution in [2.45, 2.75) is 19.9 Å². The Labute approximate surface area is 154 Å². The molecule has 0 aliphatic rings. The van der Waals surface area contributed by atoms with Gasteiger partial charge in [0.1, 0.15) is 17.9 Å². The summed E-state index contributed by atoms with van der Waals surface area (Å²) in [6.07, 6.45) is 5.41. The molecule has 8 heteroatoms. The van der Waals surface area contributed by atoms with Crippen molar-refractivity contribution < 1.29 is 9.13 Å². The Hall–Kier alpha value is -3.55. The first-order valence-electron chi connectivity index (χ1n) is 8.53. The Morgan fingerprint density at radius 2 is 2.15 bits per heavy atom. The number of benzene rings is 1. The number of hydrogen-bond donors (Lipinski definition) is 1. The van der Waals surface area contributed by atoms with Gasteiger partial charge in [-0.1, -0.05) is 13.0 Å². The first-order chi connectivity index (χ1) is 13.2. The lowest BCUT2D eigenvalue weighted by atomic mass is 10.2. The Morgan fingerprint density at radius 1 is 1.22 bits per heavy atom. The van der Waals surface area contributed by atoms with Crippen LogP contribution in [0.25, 0.3) is 5.78 Å². The summed E-state index contributed by atoms with van der Waals surface area (Å²) in [4.78, 5) is 12.5. The van der Waals surface area contributed by atoms with E-state index in [2.05, 4.69) is 25.4 Å². The summed E-state index contributed by atoms with van der Waals surface area (Å²) in [5.41, 5.74) is 1.68. The highest BCUT2D eigenvalue weighted by Gasteiger charge is 2.09. The van der Waals surface area contributed by atoms with E-state index in [0.717, 1.165) is 23.5 Å². The van der Waals surface area contributed by atoms with Gasteiger partial charge in [0.25, 0.3) is 5.78 Å². The van der Waals surface area contributed by atoms with Gasteiger partial charge in [-0.15, -0.1) is 0 Å². The van der Waals surface area contributed by atoms with E-state index in [9.17, 15) is 4.39 Å². The van der Waals surface area contributed by atoms with Crippen molar-refractivity contribution in [3.8, 4) is 11.5 Å². The number of nitrogens with zero attached hydrogens (tertiary/aromatic N) is 5. The van der Waals surface area contributed by atoms with Crippen LogP contribution >= 0.6 is 0 Å². The van der Waals surface area contributed by atoms with Crippen LogP contribution in [0.1, 0.15) is 18.2 Å². The predicted molar refractivity (Wildman–Crippen MR) is 98.2 cm³/mol. The molecule has 7 nitrogen and oxygen atoms in total. The Morgan fingerprint density at radius 3 is 2.93 bits per heavy atom. The van der Waals surface area contributed by atoms with Crippen LogP contribution in [-0.4, -0.2) is 24.6 Å². The van der Waals surface area contributed by atoms with E-state index in [4.69, 9.17) is 4.74 Å². The molecule has 0 atom stereocenters. The third-order valence-electron chi connectivity index (χ3n) is 4.00. The van der Waals surface area contributed by atoms with Crippen LogP contribution in [0.5, 0.6) is 11.5 Å². The summed E-state index contributed by atoms with van der Waals surface area (Å²) in [6, 6.07) is 10.2. The normalized spacial score (nSPS) is 10.9. The van der Waals surface area contributed by atoms with Crippen molar-refractivity contribution in [1.82, 2.24) is 24.6 Å². The van der Waals surface area contributed by atoms with Crippen LogP contribution in [0, 0.1) is 5.82 Å². The molecular weight excluding hydrogens is 347 g/mol. The van der Waals surface area contributed by atoms with Crippen molar-refractivity contribution in [2.24, 2.45) is 0 Å². The van der Waals surface area contributed by atoms with E-state index in [0.29, 0.717) is 18.1 Å². The van der Waals surface area contributed by atoms with Crippen LogP contribution in [0.2, 0.25) is 0 Å². The predicted octanol–water partition coefficient (Wildman–Crippen LogP) is 3.63. The minimum atomic E-state index is -0.437. The Kier molecular flexibility index (Phi) is 4.61. The van der Waals surface area contributed by atoms with E-state index < -0.39 is 5.82 Å². The average molecular weight is 364 g/mol. The van der Waals surface area contributed by atoms with Gasteiger partial charge in [-0.2, -0.15) is 14.6 Å². The molecule has 0 saturated heterocycles. The second-order valence-corrected chi connectivity index (χ2v) is 5.87. The van der Waals surface area contributed by atoms with Crippen molar-refractivity contribution in [2.75, 3.05) is 5.32 Å². The largest absolute Gasteiger partial charge is 0.453 e. The zero-order valence-corrected chi connectivity index (χ0v) is 14.6. The molecule has 0 radical (unpaired) electrons. The van der Waals surface area contributed by atoms with Crippen LogP contribution in [-0.2, 0) is 13.0 Å². The molecule has 0 fully saturated rings. The second-order valence-electron chi connectivity index (χ2n) is 5.87. The second kappa shape index (κ2) is 7.36. The summed E-state index contributed by atoms with van der Waals surface area (Å²) in [7, 11) is 0. The first kappa shape index (κ1) is 16.9. The molecule has 4 aromatic rings.